The van der Waals surface area contributed by atoms with E-state index in [1.165, 1.54) is 0 Å². The minimum Gasteiger partial charge on any atom is -0.461 e. The molecular weight excluding hydrogens is 244 g/mol. The Morgan fingerprint density at radius 3 is 2.68 bits per heavy atom. The molecule has 104 valence electrons. The summed E-state index contributed by atoms with van der Waals surface area (Å²) in [6, 6.07) is 0. The monoisotopic (exact) mass is 264 g/mol. The number of carbonyl (C=O) groups is 1. The second kappa shape index (κ2) is 4.18. The van der Waals surface area contributed by atoms with E-state index < -0.39 is 12.2 Å². The van der Waals surface area contributed by atoms with E-state index in [0.717, 1.165) is 11.1 Å². The maximum atomic E-state index is 11.8. The van der Waals surface area contributed by atoms with Crippen LogP contribution in [0.25, 0.3) is 0 Å². The number of rotatable bonds is 0. The molecular formula is C15H20O4. The van der Waals surface area contributed by atoms with E-state index >= 15 is 0 Å². The van der Waals surface area contributed by atoms with Crippen LogP contribution in [-0.4, -0.2) is 34.5 Å². The summed E-state index contributed by atoms with van der Waals surface area (Å²) in [5, 5.41) is 20.4. The van der Waals surface area contributed by atoms with Gasteiger partial charge in [0.05, 0.1) is 18.1 Å². The molecule has 1 aliphatic heterocycles. The summed E-state index contributed by atoms with van der Waals surface area (Å²) in [6.07, 6.45) is -0.480. The molecule has 0 aromatic heterocycles. The van der Waals surface area contributed by atoms with Gasteiger partial charge in [0, 0.05) is 11.8 Å². The molecule has 2 saturated carbocycles. The molecule has 0 aromatic carbocycles. The average molecular weight is 264 g/mol. The minimum absolute atomic E-state index is 0.0604. The lowest BCUT2D eigenvalue weighted by Gasteiger charge is -2.27. The molecule has 1 saturated heterocycles. The quantitative estimate of drug-likeness (QED) is 0.507. The van der Waals surface area contributed by atoms with Crippen molar-refractivity contribution in [3.8, 4) is 0 Å². The fourth-order valence-electron chi connectivity index (χ4n) is 4.06. The number of ether oxygens (including phenoxy) is 1. The first-order chi connectivity index (χ1) is 8.91. The third-order valence-corrected chi connectivity index (χ3v) is 5.14. The van der Waals surface area contributed by atoms with E-state index in [1.54, 1.807) is 6.92 Å². The number of aliphatic hydroxyl groups excluding tert-OH is 2. The topological polar surface area (TPSA) is 66.8 Å². The molecule has 0 radical (unpaired) electrons. The molecule has 1 heterocycles. The molecule has 0 spiro atoms. The van der Waals surface area contributed by atoms with E-state index in [-0.39, 0.29) is 35.7 Å². The molecule has 4 heteroatoms. The smallest absolute Gasteiger partial charge is 0.309 e. The Balaban J connectivity index is 2.03. The van der Waals surface area contributed by atoms with Gasteiger partial charge < -0.3 is 14.9 Å². The van der Waals surface area contributed by atoms with Gasteiger partial charge in [-0.2, -0.15) is 0 Å². The Morgan fingerprint density at radius 2 is 2.00 bits per heavy atom. The lowest BCUT2D eigenvalue weighted by Crippen LogP contribution is -2.35. The first kappa shape index (κ1) is 12.9. The van der Waals surface area contributed by atoms with Crippen LogP contribution < -0.4 is 0 Å². The Hall–Kier alpha value is -1.13. The molecule has 0 unspecified atom stereocenters. The SMILES string of the molecule is C=C1[C@@H]2[C@H]3OC(=O)[C@@H](C)[C@@H]3[C@@H](O)CC(=C)[C@@H]2C[C@H]1O. The van der Waals surface area contributed by atoms with Crippen molar-refractivity contribution in [1.29, 1.82) is 0 Å². The molecule has 0 aromatic rings. The molecule has 3 aliphatic rings. The molecule has 19 heavy (non-hydrogen) atoms. The van der Waals surface area contributed by atoms with Gasteiger partial charge >= 0.3 is 5.97 Å². The van der Waals surface area contributed by atoms with Crippen LogP contribution in [0.2, 0.25) is 0 Å². The van der Waals surface area contributed by atoms with Crippen LogP contribution >= 0.6 is 0 Å². The van der Waals surface area contributed by atoms with Gasteiger partial charge in [-0.05, 0) is 24.3 Å². The predicted octanol–water partition coefficient (Wildman–Crippen LogP) is 1.04. The molecule has 3 fully saturated rings. The van der Waals surface area contributed by atoms with Gasteiger partial charge in [0.25, 0.3) is 0 Å². The molecule has 4 nitrogen and oxygen atoms in total. The summed E-state index contributed by atoms with van der Waals surface area (Å²) in [4.78, 5) is 11.8. The minimum atomic E-state index is -0.602. The first-order valence-corrected chi connectivity index (χ1v) is 6.84. The second-order valence-corrected chi connectivity index (χ2v) is 6.16. The van der Waals surface area contributed by atoms with Crippen LogP contribution in [0.1, 0.15) is 19.8 Å². The number of fused-ring (bicyclic) bond motifs is 3. The van der Waals surface area contributed by atoms with Gasteiger partial charge in [-0.25, -0.2) is 0 Å². The van der Waals surface area contributed by atoms with Crippen molar-refractivity contribution in [3.63, 3.8) is 0 Å². The van der Waals surface area contributed by atoms with Crippen molar-refractivity contribution in [2.45, 2.75) is 38.1 Å². The molecule has 7 atom stereocenters. The molecule has 0 bridgehead atoms. The third kappa shape index (κ3) is 1.70. The van der Waals surface area contributed by atoms with Crippen LogP contribution in [0.4, 0.5) is 0 Å². The van der Waals surface area contributed by atoms with Gasteiger partial charge in [0.1, 0.15) is 6.10 Å². The van der Waals surface area contributed by atoms with Gasteiger partial charge in [0.15, 0.2) is 0 Å². The highest BCUT2D eigenvalue weighted by atomic mass is 16.6. The highest BCUT2D eigenvalue weighted by Gasteiger charge is 2.56. The molecule has 0 amide bonds. The molecule has 3 rings (SSSR count). The first-order valence-electron chi connectivity index (χ1n) is 6.84. The van der Waals surface area contributed by atoms with Crippen molar-refractivity contribution < 1.29 is 19.7 Å². The third-order valence-electron chi connectivity index (χ3n) is 5.14. The van der Waals surface area contributed by atoms with Crippen LogP contribution in [0.5, 0.6) is 0 Å². The fraction of sp³-hybridized carbons (Fsp3) is 0.667. The predicted molar refractivity (Wildman–Crippen MR) is 69.0 cm³/mol. The highest BCUT2D eigenvalue weighted by molar-refractivity contribution is 5.75. The van der Waals surface area contributed by atoms with Crippen LogP contribution in [0.3, 0.4) is 0 Å². The normalized spacial score (nSPS) is 49.6. The van der Waals surface area contributed by atoms with E-state index in [0.29, 0.717) is 12.8 Å². The lowest BCUT2D eigenvalue weighted by atomic mass is 9.79. The number of aliphatic hydroxyl groups is 2. The zero-order chi connectivity index (χ0) is 13.9. The van der Waals surface area contributed by atoms with E-state index in [4.69, 9.17) is 4.74 Å². The van der Waals surface area contributed by atoms with E-state index in [2.05, 4.69) is 13.2 Å². The largest absolute Gasteiger partial charge is 0.461 e. The van der Waals surface area contributed by atoms with Gasteiger partial charge in [-0.1, -0.05) is 25.7 Å². The zero-order valence-corrected chi connectivity index (χ0v) is 11.1. The maximum absolute atomic E-state index is 11.8. The van der Waals surface area contributed by atoms with Gasteiger partial charge in [0.2, 0.25) is 0 Å². The summed E-state index contributed by atoms with van der Waals surface area (Å²) in [7, 11) is 0. The lowest BCUT2D eigenvalue weighted by molar-refractivity contribution is -0.145. The van der Waals surface area contributed by atoms with Crippen LogP contribution in [-0.2, 0) is 9.53 Å². The highest BCUT2D eigenvalue weighted by Crippen LogP contribution is 2.52. The van der Waals surface area contributed by atoms with E-state index in [1.807, 2.05) is 0 Å². The van der Waals surface area contributed by atoms with Crippen molar-refractivity contribution in [3.05, 3.63) is 24.3 Å². The number of hydrogen-bond acceptors (Lipinski definition) is 4. The van der Waals surface area contributed by atoms with E-state index in [9.17, 15) is 15.0 Å². The summed E-state index contributed by atoms with van der Waals surface area (Å²) in [5.41, 5.74) is 1.66. The summed E-state index contributed by atoms with van der Waals surface area (Å²) >= 11 is 0. The summed E-state index contributed by atoms with van der Waals surface area (Å²) in [5.74, 6) is -0.823. The molecule has 2 N–H and O–H groups in total. The Kier molecular flexibility index (Phi) is 2.84. The van der Waals surface area contributed by atoms with Crippen molar-refractivity contribution >= 4 is 5.97 Å². The fourth-order valence-corrected chi connectivity index (χ4v) is 4.06. The van der Waals surface area contributed by atoms with Crippen LogP contribution in [0.15, 0.2) is 24.3 Å². The Morgan fingerprint density at radius 1 is 1.32 bits per heavy atom. The Bertz CT molecular complexity index is 455. The van der Waals surface area contributed by atoms with Crippen LogP contribution in [0, 0.1) is 23.7 Å². The van der Waals surface area contributed by atoms with Crippen molar-refractivity contribution in [1.82, 2.24) is 0 Å². The van der Waals surface area contributed by atoms with Gasteiger partial charge in [-0.3, -0.25) is 4.79 Å². The standard InChI is InChI=1S/C15H20O4/c1-6-4-11(17)13-8(3)15(18)19-14(13)12-7(2)10(16)5-9(6)12/h8-14,16-17H,1-2,4-5H2,3H3/t8-,9-,10+,11-,12-,13+,14+/m0/s1. The van der Waals surface area contributed by atoms with Crippen molar-refractivity contribution in [2.24, 2.45) is 23.7 Å². The maximum Gasteiger partial charge on any atom is 0.309 e. The summed E-state index contributed by atoms with van der Waals surface area (Å²) in [6.45, 7) is 9.82. The number of esters is 1. The van der Waals surface area contributed by atoms with Gasteiger partial charge in [-0.15, -0.1) is 0 Å². The zero-order valence-electron chi connectivity index (χ0n) is 11.1. The number of hydrogen-bond donors (Lipinski definition) is 2. The number of carbonyl (C=O) groups excluding carboxylic acids is 1. The molecule has 2 aliphatic carbocycles. The second-order valence-electron chi connectivity index (χ2n) is 6.16. The average Bonchev–Trinajstić information content (AvgIpc) is 2.75. The van der Waals surface area contributed by atoms with Crippen molar-refractivity contribution in [2.75, 3.05) is 0 Å². The Labute approximate surface area is 112 Å². The summed E-state index contributed by atoms with van der Waals surface area (Å²) < 4.78 is 5.50.